The first-order chi connectivity index (χ1) is 12.2. The predicted molar refractivity (Wildman–Crippen MR) is 110 cm³/mol. The predicted octanol–water partition coefficient (Wildman–Crippen LogP) is 3.43. The van der Waals surface area contributed by atoms with E-state index >= 15 is 0 Å². The summed E-state index contributed by atoms with van der Waals surface area (Å²) in [7, 11) is 1.70. The van der Waals surface area contributed by atoms with Crippen LogP contribution in [0.1, 0.15) is 23.2 Å². The van der Waals surface area contributed by atoms with Crippen LogP contribution >= 0.6 is 24.0 Å². The van der Waals surface area contributed by atoms with Crippen LogP contribution in [0.15, 0.2) is 50.4 Å². The van der Waals surface area contributed by atoms with Gasteiger partial charge in [-0.25, -0.2) is 9.97 Å². The van der Waals surface area contributed by atoms with Gasteiger partial charge < -0.3 is 19.5 Å². The lowest BCUT2D eigenvalue weighted by molar-refractivity contribution is 0.462. The van der Waals surface area contributed by atoms with Gasteiger partial charge >= 0.3 is 0 Å². The monoisotopic (exact) mass is 467 g/mol. The second-order valence-electron chi connectivity index (χ2n) is 5.51. The summed E-state index contributed by atoms with van der Waals surface area (Å²) in [5.41, 5.74) is 1.89. The van der Waals surface area contributed by atoms with Crippen LogP contribution in [-0.2, 0) is 13.1 Å². The molecule has 138 valence electrons. The number of aliphatic imine (C=N–C) groups is 1. The standard InChI is InChI=1S/C18H21N5O2.HI/c1-12-13(2)24-17(23-12)11-22-18(19-3)21-10-16-20-9-15(25-16)14-7-5-4-6-8-14;/h4-9H,10-11H2,1-3H3,(H2,19,21,22);1H. The van der Waals surface area contributed by atoms with E-state index in [2.05, 4.69) is 25.6 Å². The second-order valence-corrected chi connectivity index (χ2v) is 5.51. The fraction of sp³-hybridized carbons (Fsp3) is 0.278. The van der Waals surface area contributed by atoms with Crippen molar-refractivity contribution in [2.45, 2.75) is 26.9 Å². The van der Waals surface area contributed by atoms with Gasteiger partial charge in [-0.05, 0) is 13.8 Å². The average molecular weight is 467 g/mol. The number of aryl methyl sites for hydroxylation is 2. The highest BCUT2D eigenvalue weighted by molar-refractivity contribution is 14.0. The molecule has 26 heavy (non-hydrogen) atoms. The minimum absolute atomic E-state index is 0. The first-order valence-corrected chi connectivity index (χ1v) is 8.03. The smallest absolute Gasteiger partial charge is 0.214 e. The van der Waals surface area contributed by atoms with Crippen LogP contribution in [0, 0.1) is 13.8 Å². The Labute approximate surface area is 169 Å². The topological polar surface area (TPSA) is 88.5 Å². The Bertz CT molecular complexity index is 838. The molecule has 0 amide bonds. The van der Waals surface area contributed by atoms with Crippen LogP contribution in [-0.4, -0.2) is 23.0 Å². The molecular weight excluding hydrogens is 445 g/mol. The molecule has 8 heteroatoms. The maximum atomic E-state index is 5.76. The van der Waals surface area contributed by atoms with Crippen LogP contribution in [0.2, 0.25) is 0 Å². The molecule has 0 saturated heterocycles. The van der Waals surface area contributed by atoms with E-state index in [0.29, 0.717) is 30.8 Å². The number of nitrogens with one attached hydrogen (secondary N) is 2. The van der Waals surface area contributed by atoms with Crippen molar-refractivity contribution in [3.63, 3.8) is 0 Å². The van der Waals surface area contributed by atoms with E-state index in [-0.39, 0.29) is 24.0 Å². The average Bonchev–Trinajstić information content (AvgIpc) is 3.23. The van der Waals surface area contributed by atoms with Crippen molar-refractivity contribution in [1.82, 2.24) is 20.6 Å². The Balaban J connectivity index is 0.00000243. The Morgan fingerprint density at radius 2 is 1.73 bits per heavy atom. The van der Waals surface area contributed by atoms with Gasteiger partial charge in [0.25, 0.3) is 0 Å². The van der Waals surface area contributed by atoms with Crippen LogP contribution < -0.4 is 10.6 Å². The molecule has 3 rings (SSSR count). The normalized spacial score (nSPS) is 11.1. The van der Waals surface area contributed by atoms with Gasteiger partial charge in [0.2, 0.25) is 11.8 Å². The molecule has 0 saturated carbocycles. The summed E-state index contributed by atoms with van der Waals surface area (Å²) >= 11 is 0. The van der Waals surface area contributed by atoms with Gasteiger partial charge in [0, 0.05) is 12.6 Å². The van der Waals surface area contributed by atoms with Gasteiger partial charge in [0.15, 0.2) is 11.7 Å². The van der Waals surface area contributed by atoms with Crippen molar-refractivity contribution < 1.29 is 8.83 Å². The van der Waals surface area contributed by atoms with Crippen molar-refractivity contribution in [1.29, 1.82) is 0 Å². The zero-order valence-corrected chi connectivity index (χ0v) is 17.3. The number of guanidine groups is 1. The zero-order valence-electron chi connectivity index (χ0n) is 14.9. The summed E-state index contributed by atoms with van der Waals surface area (Å²) in [6, 6.07) is 9.87. The van der Waals surface area contributed by atoms with Gasteiger partial charge in [0.05, 0.1) is 25.0 Å². The molecule has 2 N–H and O–H groups in total. The Kier molecular flexibility index (Phi) is 7.19. The highest BCUT2D eigenvalue weighted by atomic mass is 127. The number of halogens is 1. The van der Waals surface area contributed by atoms with Gasteiger partial charge in [-0.3, -0.25) is 4.99 Å². The third-order valence-corrected chi connectivity index (χ3v) is 3.72. The molecule has 0 bridgehead atoms. The summed E-state index contributed by atoms with van der Waals surface area (Å²) in [4.78, 5) is 12.8. The molecule has 2 aromatic heterocycles. The SMILES string of the molecule is CN=C(NCc1ncc(-c2ccccc2)o1)NCc1nc(C)c(C)o1.I. The number of nitrogens with zero attached hydrogens (tertiary/aromatic N) is 3. The number of benzene rings is 1. The summed E-state index contributed by atoms with van der Waals surface area (Å²) < 4.78 is 11.3. The molecule has 0 fully saturated rings. The molecule has 0 unspecified atom stereocenters. The van der Waals surface area contributed by atoms with Crippen molar-refractivity contribution in [3.8, 4) is 11.3 Å². The molecule has 0 spiro atoms. The fourth-order valence-corrected chi connectivity index (χ4v) is 2.28. The molecule has 0 aliphatic rings. The van der Waals surface area contributed by atoms with Crippen LogP contribution in [0.5, 0.6) is 0 Å². The Morgan fingerprint density at radius 1 is 1.04 bits per heavy atom. The van der Waals surface area contributed by atoms with Crippen molar-refractivity contribution in [3.05, 3.63) is 59.8 Å². The molecule has 1 aromatic carbocycles. The van der Waals surface area contributed by atoms with Gasteiger partial charge in [-0.1, -0.05) is 30.3 Å². The maximum Gasteiger partial charge on any atom is 0.214 e. The highest BCUT2D eigenvalue weighted by Gasteiger charge is 2.09. The molecule has 2 heterocycles. The van der Waals surface area contributed by atoms with Crippen molar-refractivity contribution in [2.24, 2.45) is 4.99 Å². The lowest BCUT2D eigenvalue weighted by Gasteiger charge is -2.08. The third kappa shape index (κ3) is 5.07. The minimum Gasteiger partial charge on any atom is -0.444 e. The fourth-order valence-electron chi connectivity index (χ4n) is 2.28. The van der Waals surface area contributed by atoms with Crippen LogP contribution in [0.25, 0.3) is 11.3 Å². The number of aromatic nitrogens is 2. The molecule has 3 aromatic rings. The van der Waals surface area contributed by atoms with E-state index in [1.807, 2.05) is 44.2 Å². The molecular formula is C18H22IN5O2. The molecule has 0 aliphatic heterocycles. The second kappa shape index (κ2) is 9.37. The molecule has 0 aliphatic carbocycles. The quantitative estimate of drug-likeness (QED) is 0.340. The summed E-state index contributed by atoms with van der Waals surface area (Å²) in [5.74, 6) is 3.40. The summed E-state index contributed by atoms with van der Waals surface area (Å²) in [6.07, 6.45) is 1.72. The summed E-state index contributed by atoms with van der Waals surface area (Å²) in [6.45, 7) is 4.69. The summed E-state index contributed by atoms with van der Waals surface area (Å²) in [5, 5.41) is 6.30. The van der Waals surface area contributed by atoms with E-state index in [1.165, 1.54) is 0 Å². The van der Waals surface area contributed by atoms with Crippen LogP contribution in [0.4, 0.5) is 0 Å². The largest absolute Gasteiger partial charge is 0.444 e. The molecule has 0 radical (unpaired) electrons. The van der Waals surface area contributed by atoms with Crippen molar-refractivity contribution in [2.75, 3.05) is 7.05 Å². The molecule has 7 nitrogen and oxygen atoms in total. The lowest BCUT2D eigenvalue weighted by Crippen LogP contribution is -2.36. The number of hydrogen-bond acceptors (Lipinski definition) is 5. The van der Waals surface area contributed by atoms with Crippen molar-refractivity contribution >= 4 is 29.9 Å². The van der Waals surface area contributed by atoms with Gasteiger partial charge in [0.1, 0.15) is 5.76 Å². The number of oxazole rings is 2. The first-order valence-electron chi connectivity index (χ1n) is 8.03. The first kappa shape index (κ1) is 20.0. The van der Waals surface area contributed by atoms with E-state index in [0.717, 1.165) is 22.8 Å². The van der Waals surface area contributed by atoms with Crippen LogP contribution in [0.3, 0.4) is 0 Å². The number of hydrogen-bond donors (Lipinski definition) is 2. The minimum atomic E-state index is 0. The van der Waals surface area contributed by atoms with Gasteiger partial charge in [-0.2, -0.15) is 0 Å². The Hall–Kier alpha value is -2.36. The Morgan fingerprint density at radius 3 is 2.35 bits per heavy atom. The lowest BCUT2D eigenvalue weighted by atomic mass is 10.2. The van der Waals surface area contributed by atoms with E-state index in [9.17, 15) is 0 Å². The van der Waals surface area contributed by atoms with Gasteiger partial charge in [-0.15, -0.1) is 24.0 Å². The number of rotatable bonds is 5. The van der Waals surface area contributed by atoms with E-state index in [4.69, 9.17) is 8.83 Å². The maximum absolute atomic E-state index is 5.76. The highest BCUT2D eigenvalue weighted by Crippen LogP contribution is 2.19. The zero-order chi connectivity index (χ0) is 17.6. The third-order valence-electron chi connectivity index (χ3n) is 3.72. The van der Waals surface area contributed by atoms with E-state index < -0.39 is 0 Å². The molecule has 0 atom stereocenters. The van der Waals surface area contributed by atoms with E-state index in [1.54, 1.807) is 13.2 Å².